The van der Waals surface area contributed by atoms with Gasteiger partial charge in [-0.2, -0.15) is 0 Å². The molecule has 36 heavy (non-hydrogen) atoms. The van der Waals surface area contributed by atoms with Gasteiger partial charge in [0, 0.05) is 53.4 Å². The molecule has 4 aromatic rings. The van der Waals surface area contributed by atoms with E-state index < -0.39 is 0 Å². The average molecular weight is 509 g/mol. The molecule has 7 nitrogen and oxygen atoms in total. The predicted octanol–water partition coefficient (Wildman–Crippen LogP) is 5.30. The monoisotopic (exact) mass is 508 g/mol. The summed E-state index contributed by atoms with van der Waals surface area (Å²) < 4.78 is 30.9. The maximum absolute atomic E-state index is 14.2. The number of Topliss-reactive ketones (excluding diaryl/α,β-unsaturated/α-hetero) is 2. The van der Waals surface area contributed by atoms with Crippen LogP contribution in [0, 0.1) is 5.82 Å². The first kappa shape index (κ1) is 25.3. The number of fused-ring (bicyclic) bond motifs is 1. The third-order valence-corrected chi connectivity index (χ3v) is 6.59. The molecule has 2 heterocycles. The molecule has 2 aromatic carbocycles. The van der Waals surface area contributed by atoms with Gasteiger partial charge in [-0.3, -0.25) is 9.59 Å². The molecule has 0 radical (unpaired) electrons. The fourth-order valence-electron chi connectivity index (χ4n) is 3.75. The van der Waals surface area contributed by atoms with Gasteiger partial charge in [0.1, 0.15) is 23.9 Å². The Kier molecular flexibility index (Phi) is 7.92. The molecule has 0 saturated carbocycles. The molecule has 0 aliphatic heterocycles. The maximum Gasteiger partial charge on any atom is 0.181 e. The van der Waals surface area contributed by atoms with Crippen LogP contribution in [-0.2, 0) is 0 Å². The molecule has 0 amide bonds. The molecule has 0 aliphatic carbocycles. The van der Waals surface area contributed by atoms with Crippen molar-refractivity contribution in [1.82, 2.24) is 4.98 Å². The van der Waals surface area contributed by atoms with Crippen LogP contribution >= 0.6 is 11.3 Å². The van der Waals surface area contributed by atoms with Crippen molar-refractivity contribution in [2.24, 2.45) is 5.73 Å². The molecule has 2 aromatic heterocycles. The molecule has 9 heteroatoms. The molecule has 4 rings (SSSR count). The second-order valence-corrected chi connectivity index (χ2v) is 8.77. The van der Waals surface area contributed by atoms with E-state index in [1.165, 1.54) is 37.7 Å². The number of nitrogens with zero attached hydrogens (tertiary/aromatic N) is 1. The number of rotatable bonds is 11. The Morgan fingerprint density at radius 1 is 1.00 bits per heavy atom. The van der Waals surface area contributed by atoms with Crippen molar-refractivity contribution in [3.8, 4) is 28.5 Å². The first-order chi connectivity index (χ1) is 17.4. The van der Waals surface area contributed by atoms with Gasteiger partial charge in [0.15, 0.2) is 23.1 Å². The number of carbonyl (C=O) groups excluding carboxylic acids is 2. The number of methoxy groups -OCH3 is 2. The van der Waals surface area contributed by atoms with Crippen LogP contribution in [0.25, 0.3) is 21.3 Å². The molecule has 0 bridgehead atoms. The van der Waals surface area contributed by atoms with Gasteiger partial charge in [0.25, 0.3) is 0 Å². The Bertz CT molecular complexity index is 1420. The third-order valence-electron chi connectivity index (χ3n) is 5.59. The summed E-state index contributed by atoms with van der Waals surface area (Å²) in [5.74, 6) is 0.530. The van der Waals surface area contributed by atoms with Crippen molar-refractivity contribution in [2.45, 2.75) is 12.8 Å². The summed E-state index contributed by atoms with van der Waals surface area (Å²) in [6.45, 7) is 0.676. The summed E-state index contributed by atoms with van der Waals surface area (Å²) in [4.78, 5) is 30.3. The van der Waals surface area contributed by atoms with Gasteiger partial charge in [-0.05, 0) is 24.3 Å². The lowest BCUT2D eigenvalue weighted by molar-refractivity contribution is 0.0914. The summed E-state index contributed by atoms with van der Waals surface area (Å²) in [5.41, 5.74) is 7.26. The summed E-state index contributed by atoms with van der Waals surface area (Å²) in [6, 6.07) is 13.0. The molecule has 186 valence electrons. The Labute approximate surface area is 211 Å². The Morgan fingerprint density at radius 3 is 2.56 bits per heavy atom. The number of halogens is 1. The summed E-state index contributed by atoms with van der Waals surface area (Å²) in [7, 11) is 2.98. The summed E-state index contributed by atoms with van der Waals surface area (Å²) in [6.07, 6.45) is -0.0446. The van der Waals surface area contributed by atoms with Gasteiger partial charge in [-0.25, -0.2) is 9.37 Å². The number of ketones is 2. The van der Waals surface area contributed by atoms with E-state index in [1.807, 2.05) is 11.4 Å². The lowest BCUT2D eigenvalue weighted by Crippen LogP contribution is -2.11. The number of hydrogen-bond acceptors (Lipinski definition) is 8. The molecule has 0 atom stereocenters. The van der Waals surface area contributed by atoms with Crippen LogP contribution in [-0.4, -0.2) is 43.9 Å². The average Bonchev–Trinajstić information content (AvgIpc) is 3.35. The highest BCUT2D eigenvalue weighted by Gasteiger charge is 2.18. The van der Waals surface area contributed by atoms with E-state index >= 15 is 0 Å². The van der Waals surface area contributed by atoms with Crippen LogP contribution in [0.3, 0.4) is 0 Å². The molecule has 0 unspecified atom stereocenters. The largest absolute Gasteiger partial charge is 0.497 e. The van der Waals surface area contributed by atoms with Gasteiger partial charge in [0.05, 0.1) is 24.6 Å². The maximum atomic E-state index is 14.2. The molecular weight excluding hydrogens is 483 g/mol. The Hall–Kier alpha value is -3.82. The Balaban J connectivity index is 1.53. The number of hydrogen-bond donors (Lipinski definition) is 1. The number of benzene rings is 2. The third kappa shape index (κ3) is 5.37. The van der Waals surface area contributed by atoms with E-state index in [4.69, 9.17) is 19.9 Å². The van der Waals surface area contributed by atoms with Crippen molar-refractivity contribution in [2.75, 3.05) is 27.4 Å². The van der Waals surface area contributed by atoms with E-state index in [0.717, 1.165) is 0 Å². The zero-order valence-corrected chi connectivity index (χ0v) is 20.7. The van der Waals surface area contributed by atoms with Crippen LogP contribution in [0.2, 0.25) is 0 Å². The van der Waals surface area contributed by atoms with E-state index in [0.29, 0.717) is 57.3 Å². The van der Waals surface area contributed by atoms with Gasteiger partial charge in [0.2, 0.25) is 0 Å². The number of pyridine rings is 1. The standard InChI is InChI=1S/C27H25FN2O5S/c1-33-17-13-21(19-15-36-27-18(19)4-3-5-20(27)28)30-22(14-17)24(32)8-7-23(31)16-6-9-25(35-11-10-29)26(12-16)34-2/h3-6,9,12-15H,7-8,10-11,29H2,1-2H3. The molecule has 2 N–H and O–H groups in total. The van der Waals surface area contributed by atoms with Crippen molar-refractivity contribution in [3.63, 3.8) is 0 Å². The van der Waals surface area contributed by atoms with Crippen molar-refractivity contribution >= 4 is 33.0 Å². The Morgan fingerprint density at radius 2 is 1.81 bits per heavy atom. The van der Waals surface area contributed by atoms with E-state index in [9.17, 15) is 14.0 Å². The molecule has 0 saturated heterocycles. The molecule has 0 spiro atoms. The fourth-order valence-corrected chi connectivity index (χ4v) is 4.72. The van der Waals surface area contributed by atoms with Crippen LogP contribution in [0.5, 0.6) is 17.2 Å². The van der Waals surface area contributed by atoms with Crippen LogP contribution < -0.4 is 19.9 Å². The minimum atomic E-state index is -0.308. The normalized spacial score (nSPS) is 10.9. The zero-order chi connectivity index (χ0) is 25.7. The highest BCUT2D eigenvalue weighted by Crippen LogP contribution is 2.36. The second-order valence-electron chi connectivity index (χ2n) is 7.89. The highest BCUT2D eigenvalue weighted by molar-refractivity contribution is 7.17. The lowest BCUT2D eigenvalue weighted by Gasteiger charge is -2.11. The van der Waals surface area contributed by atoms with Crippen molar-refractivity contribution in [1.29, 1.82) is 0 Å². The summed E-state index contributed by atoms with van der Waals surface area (Å²) >= 11 is 1.27. The quantitative estimate of drug-likeness (QED) is 0.274. The minimum Gasteiger partial charge on any atom is -0.497 e. The van der Waals surface area contributed by atoms with Gasteiger partial charge in [-0.15, -0.1) is 11.3 Å². The first-order valence-electron chi connectivity index (χ1n) is 11.2. The predicted molar refractivity (Wildman–Crippen MR) is 137 cm³/mol. The minimum absolute atomic E-state index is 0.00813. The van der Waals surface area contributed by atoms with Crippen molar-refractivity contribution in [3.05, 3.63) is 71.0 Å². The topological polar surface area (TPSA) is 101 Å². The number of nitrogens with two attached hydrogens (primary N) is 1. The van der Waals surface area contributed by atoms with Gasteiger partial charge < -0.3 is 19.9 Å². The van der Waals surface area contributed by atoms with E-state index in [2.05, 4.69) is 4.98 Å². The number of thiophene rings is 1. The SMILES string of the molecule is COc1cc(C(=O)CCC(=O)c2ccc(OCCN)c(OC)c2)nc(-c2csc3c(F)cccc23)c1. The van der Waals surface area contributed by atoms with Gasteiger partial charge in [-0.1, -0.05) is 12.1 Å². The first-order valence-corrected chi connectivity index (χ1v) is 12.1. The zero-order valence-electron chi connectivity index (χ0n) is 19.9. The molecular formula is C27H25FN2O5S. The number of ether oxygens (including phenoxy) is 3. The summed E-state index contributed by atoms with van der Waals surface area (Å²) in [5, 5.41) is 2.52. The highest BCUT2D eigenvalue weighted by atomic mass is 32.1. The smallest absolute Gasteiger partial charge is 0.181 e. The van der Waals surface area contributed by atoms with Crippen LogP contribution in [0.1, 0.15) is 33.7 Å². The molecule has 0 aliphatic rings. The van der Waals surface area contributed by atoms with Crippen LogP contribution in [0.15, 0.2) is 53.9 Å². The molecule has 0 fully saturated rings. The van der Waals surface area contributed by atoms with E-state index in [-0.39, 0.29) is 35.9 Å². The van der Waals surface area contributed by atoms with Gasteiger partial charge >= 0.3 is 0 Å². The van der Waals surface area contributed by atoms with Crippen molar-refractivity contribution < 1.29 is 28.2 Å². The lowest BCUT2D eigenvalue weighted by atomic mass is 10.0. The second kappa shape index (κ2) is 11.3. The van der Waals surface area contributed by atoms with E-state index in [1.54, 1.807) is 30.3 Å². The number of carbonyl (C=O) groups is 2. The number of aromatic nitrogens is 1. The fraction of sp³-hybridized carbons (Fsp3) is 0.222. The van der Waals surface area contributed by atoms with Crippen LogP contribution in [0.4, 0.5) is 4.39 Å².